The van der Waals surface area contributed by atoms with Crippen LogP contribution in [0.1, 0.15) is 5.56 Å². The lowest BCUT2D eigenvalue weighted by Crippen LogP contribution is -2.26. The molecule has 3 nitrogen and oxygen atoms in total. The van der Waals surface area contributed by atoms with Crippen molar-refractivity contribution in [3.63, 3.8) is 0 Å². The first-order valence-electron chi connectivity index (χ1n) is 5.34. The van der Waals surface area contributed by atoms with Crippen LogP contribution >= 0.6 is 38.9 Å². The van der Waals surface area contributed by atoms with Gasteiger partial charge in [-0.2, -0.15) is 4.31 Å². The summed E-state index contributed by atoms with van der Waals surface area (Å²) >= 11 is 10.7. The molecule has 0 fully saturated rings. The molecule has 19 heavy (non-hydrogen) atoms. The summed E-state index contributed by atoms with van der Waals surface area (Å²) in [5.74, 6) is 0. The monoisotopic (exact) mass is 379 g/mol. The predicted molar refractivity (Wildman–Crippen MR) is 82.1 cm³/mol. The topological polar surface area (TPSA) is 37.4 Å². The molecular formula is C12H11BrClNO2S2. The second kappa shape index (κ2) is 5.93. The van der Waals surface area contributed by atoms with Crippen molar-refractivity contribution in [1.29, 1.82) is 0 Å². The third kappa shape index (κ3) is 3.58. The maximum Gasteiger partial charge on any atom is 0.243 e. The zero-order valence-corrected chi connectivity index (χ0v) is 14.0. The van der Waals surface area contributed by atoms with Crippen LogP contribution in [-0.4, -0.2) is 19.8 Å². The molecular weight excluding hydrogens is 370 g/mol. The maximum atomic E-state index is 12.3. The van der Waals surface area contributed by atoms with Crippen molar-refractivity contribution in [2.45, 2.75) is 11.4 Å². The van der Waals surface area contributed by atoms with Gasteiger partial charge in [-0.15, -0.1) is 11.3 Å². The second-order valence-electron chi connectivity index (χ2n) is 3.97. The average molecular weight is 381 g/mol. The first kappa shape index (κ1) is 15.0. The molecule has 0 atom stereocenters. The largest absolute Gasteiger partial charge is 0.243 e. The average Bonchev–Trinajstić information content (AvgIpc) is 2.75. The lowest BCUT2D eigenvalue weighted by molar-refractivity contribution is 0.467. The maximum absolute atomic E-state index is 12.3. The fraction of sp³-hybridized carbons (Fsp3) is 0.167. The molecule has 1 aromatic heterocycles. The summed E-state index contributed by atoms with van der Waals surface area (Å²) in [6.07, 6.45) is 0. The molecule has 0 saturated carbocycles. The van der Waals surface area contributed by atoms with E-state index in [9.17, 15) is 8.42 Å². The molecule has 0 aliphatic carbocycles. The third-order valence-corrected chi connectivity index (χ3v) is 6.17. The van der Waals surface area contributed by atoms with E-state index in [2.05, 4.69) is 15.9 Å². The summed E-state index contributed by atoms with van der Waals surface area (Å²) in [7, 11) is -1.92. The molecule has 2 rings (SSSR count). The van der Waals surface area contributed by atoms with Gasteiger partial charge in [0.05, 0.1) is 8.68 Å². The van der Waals surface area contributed by atoms with Crippen LogP contribution in [0.5, 0.6) is 0 Å². The van der Waals surface area contributed by atoms with Crippen LogP contribution in [0.25, 0.3) is 0 Å². The highest BCUT2D eigenvalue weighted by molar-refractivity contribution is 9.11. The Bertz CT molecular complexity index is 667. The number of halogens is 2. The minimum absolute atomic E-state index is 0.244. The minimum Gasteiger partial charge on any atom is -0.207 e. The molecule has 0 N–H and O–H groups in total. The van der Waals surface area contributed by atoms with Gasteiger partial charge in [-0.1, -0.05) is 11.6 Å². The van der Waals surface area contributed by atoms with Gasteiger partial charge in [-0.05, 0) is 57.2 Å². The molecule has 0 saturated heterocycles. The van der Waals surface area contributed by atoms with Gasteiger partial charge >= 0.3 is 0 Å². The van der Waals surface area contributed by atoms with Crippen LogP contribution in [0.4, 0.5) is 0 Å². The lowest BCUT2D eigenvalue weighted by atomic mass is 10.3. The summed E-state index contributed by atoms with van der Waals surface area (Å²) < 4.78 is 27.0. The summed E-state index contributed by atoms with van der Waals surface area (Å²) in [5, 5.41) is 2.45. The molecule has 0 amide bonds. The molecule has 0 radical (unpaired) electrons. The number of nitrogens with zero attached hydrogens (tertiary/aromatic N) is 1. The quantitative estimate of drug-likeness (QED) is 0.804. The van der Waals surface area contributed by atoms with E-state index in [0.29, 0.717) is 11.6 Å². The van der Waals surface area contributed by atoms with Gasteiger partial charge in [-0.3, -0.25) is 0 Å². The molecule has 1 heterocycles. The lowest BCUT2D eigenvalue weighted by Gasteiger charge is -2.16. The standard InChI is InChI=1S/C12H11BrClNO2S2/c1-15(7-9-6-12(13)18-8-9)19(16,17)11-4-2-10(14)3-5-11/h2-6,8H,7H2,1H3. The van der Waals surface area contributed by atoms with Crippen LogP contribution in [-0.2, 0) is 16.6 Å². The molecule has 0 aliphatic rings. The zero-order valence-electron chi connectivity index (χ0n) is 10.0. The second-order valence-corrected chi connectivity index (χ2v) is 8.75. The number of hydrogen-bond acceptors (Lipinski definition) is 3. The fourth-order valence-electron chi connectivity index (χ4n) is 1.56. The van der Waals surface area contributed by atoms with Crippen molar-refractivity contribution in [3.05, 3.63) is 50.1 Å². The Morgan fingerprint density at radius 1 is 1.32 bits per heavy atom. The van der Waals surface area contributed by atoms with Crippen molar-refractivity contribution in [1.82, 2.24) is 4.31 Å². The third-order valence-electron chi connectivity index (χ3n) is 2.55. The number of sulfonamides is 1. The van der Waals surface area contributed by atoms with E-state index < -0.39 is 10.0 Å². The Morgan fingerprint density at radius 2 is 1.95 bits per heavy atom. The molecule has 0 spiro atoms. The first-order chi connectivity index (χ1) is 8.89. The van der Waals surface area contributed by atoms with Crippen LogP contribution in [0.3, 0.4) is 0 Å². The van der Waals surface area contributed by atoms with Crippen LogP contribution in [0.2, 0.25) is 5.02 Å². The highest BCUT2D eigenvalue weighted by Gasteiger charge is 2.21. The summed E-state index contributed by atoms with van der Waals surface area (Å²) in [5.41, 5.74) is 0.955. The molecule has 102 valence electrons. The van der Waals surface area contributed by atoms with Crippen LogP contribution < -0.4 is 0 Å². The molecule has 0 unspecified atom stereocenters. The molecule has 7 heteroatoms. The van der Waals surface area contributed by atoms with Crippen molar-refractivity contribution in [2.24, 2.45) is 0 Å². The molecule has 1 aromatic carbocycles. The van der Waals surface area contributed by atoms with Gasteiger partial charge in [-0.25, -0.2) is 8.42 Å². The van der Waals surface area contributed by atoms with Crippen molar-refractivity contribution >= 4 is 48.9 Å². The predicted octanol–water partition coefficient (Wildman–Crippen LogP) is 3.98. The molecule has 0 aliphatic heterocycles. The summed E-state index contributed by atoms with van der Waals surface area (Å²) in [6.45, 7) is 0.340. The molecule has 0 bridgehead atoms. The minimum atomic E-state index is -3.48. The fourth-order valence-corrected chi connectivity index (χ4v) is 4.04. The smallest absolute Gasteiger partial charge is 0.207 e. The van der Waals surface area contributed by atoms with E-state index in [1.807, 2.05) is 11.4 Å². The zero-order chi connectivity index (χ0) is 14.0. The van der Waals surface area contributed by atoms with Gasteiger partial charge in [0.15, 0.2) is 0 Å². The van der Waals surface area contributed by atoms with Crippen molar-refractivity contribution < 1.29 is 8.42 Å². The highest BCUT2D eigenvalue weighted by atomic mass is 79.9. The van der Waals surface area contributed by atoms with Crippen molar-refractivity contribution in [3.8, 4) is 0 Å². The summed E-state index contributed by atoms with van der Waals surface area (Å²) in [6, 6.07) is 8.08. The molecule has 2 aromatic rings. The van der Waals surface area contributed by atoms with Crippen LogP contribution in [0, 0.1) is 0 Å². The number of benzene rings is 1. The van der Waals surface area contributed by atoms with E-state index in [0.717, 1.165) is 9.35 Å². The van der Waals surface area contributed by atoms with E-state index in [1.165, 1.54) is 27.8 Å². The Kier molecular flexibility index (Phi) is 4.68. The Labute approximate surface area is 130 Å². The van der Waals surface area contributed by atoms with Gasteiger partial charge in [0.25, 0.3) is 0 Å². The number of hydrogen-bond donors (Lipinski definition) is 0. The Hall–Kier alpha value is -0.400. The van der Waals surface area contributed by atoms with Crippen molar-refractivity contribution in [2.75, 3.05) is 7.05 Å². The van der Waals surface area contributed by atoms with Crippen LogP contribution in [0.15, 0.2) is 44.4 Å². The van der Waals surface area contributed by atoms with E-state index in [1.54, 1.807) is 19.2 Å². The summed E-state index contributed by atoms with van der Waals surface area (Å²) in [4.78, 5) is 0.244. The van der Waals surface area contributed by atoms with E-state index >= 15 is 0 Å². The van der Waals surface area contributed by atoms with Gasteiger partial charge in [0.2, 0.25) is 10.0 Å². The van der Waals surface area contributed by atoms with Gasteiger partial charge < -0.3 is 0 Å². The Morgan fingerprint density at radius 3 is 2.47 bits per heavy atom. The SMILES string of the molecule is CN(Cc1csc(Br)c1)S(=O)(=O)c1ccc(Cl)cc1. The van der Waals surface area contributed by atoms with E-state index in [4.69, 9.17) is 11.6 Å². The van der Waals surface area contributed by atoms with E-state index in [-0.39, 0.29) is 4.90 Å². The normalized spacial score (nSPS) is 12.0. The Balaban J connectivity index is 2.21. The van der Waals surface area contributed by atoms with Gasteiger partial charge in [0, 0.05) is 18.6 Å². The van der Waals surface area contributed by atoms with Gasteiger partial charge in [0.1, 0.15) is 0 Å². The first-order valence-corrected chi connectivity index (χ1v) is 8.83. The highest BCUT2D eigenvalue weighted by Crippen LogP contribution is 2.24. The number of thiophene rings is 1. The number of rotatable bonds is 4.